The van der Waals surface area contributed by atoms with Crippen LogP contribution in [0.5, 0.6) is 0 Å². The molecule has 5 nitrogen and oxygen atoms in total. The van der Waals surface area contributed by atoms with Crippen molar-refractivity contribution in [2.24, 2.45) is 0 Å². The van der Waals surface area contributed by atoms with E-state index >= 15 is 0 Å². The largest absolute Gasteiger partial charge is 0.462 e. The summed E-state index contributed by atoms with van der Waals surface area (Å²) in [5.41, 5.74) is 2.29. The molecule has 1 amide bonds. The molecule has 0 bridgehead atoms. The van der Waals surface area contributed by atoms with Crippen molar-refractivity contribution in [3.8, 4) is 11.3 Å². The lowest BCUT2D eigenvalue weighted by Gasteiger charge is -2.06. The Morgan fingerprint density at radius 1 is 1.07 bits per heavy atom. The molecule has 144 valence electrons. The predicted molar refractivity (Wildman–Crippen MR) is 109 cm³/mol. The first kappa shape index (κ1) is 19.7. The molecule has 3 aromatic rings. The molecule has 0 atom stereocenters. The third kappa shape index (κ3) is 4.61. The quantitative estimate of drug-likeness (QED) is 0.539. The highest BCUT2D eigenvalue weighted by Gasteiger charge is 2.16. The molecule has 0 unspecified atom stereocenters. The van der Waals surface area contributed by atoms with E-state index in [1.165, 1.54) is 0 Å². The molecule has 1 heterocycles. The molecule has 1 N–H and O–H groups in total. The summed E-state index contributed by atoms with van der Waals surface area (Å²) >= 11 is 5.91. The molecule has 0 aliphatic rings. The molecule has 0 saturated carbocycles. The van der Waals surface area contributed by atoms with Crippen molar-refractivity contribution in [2.45, 2.75) is 20.3 Å². The molecule has 6 heteroatoms. The summed E-state index contributed by atoms with van der Waals surface area (Å²) in [6.07, 6.45) is 0.766. The van der Waals surface area contributed by atoms with Crippen LogP contribution in [-0.4, -0.2) is 18.5 Å². The van der Waals surface area contributed by atoms with Gasteiger partial charge in [-0.3, -0.25) is 4.79 Å². The van der Waals surface area contributed by atoms with Gasteiger partial charge in [0.25, 0.3) is 5.91 Å². The average molecular weight is 398 g/mol. The highest BCUT2D eigenvalue weighted by atomic mass is 35.5. The van der Waals surface area contributed by atoms with Crippen LogP contribution in [0.3, 0.4) is 0 Å². The van der Waals surface area contributed by atoms with Gasteiger partial charge in [0.05, 0.1) is 17.7 Å². The van der Waals surface area contributed by atoms with Gasteiger partial charge in [-0.15, -0.1) is 0 Å². The van der Waals surface area contributed by atoms with Crippen molar-refractivity contribution >= 4 is 29.2 Å². The highest BCUT2D eigenvalue weighted by molar-refractivity contribution is 6.30. The number of hydrogen-bond donors (Lipinski definition) is 1. The van der Waals surface area contributed by atoms with Crippen molar-refractivity contribution in [1.29, 1.82) is 0 Å². The average Bonchev–Trinajstić information content (AvgIpc) is 3.09. The van der Waals surface area contributed by atoms with Crippen LogP contribution in [0.1, 0.15) is 39.8 Å². The molecule has 0 spiro atoms. The number of anilines is 1. The summed E-state index contributed by atoms with van der Waals surface area (Å²) in [5, 5.41) is 3.44. The number of carbonyl (C=O) groups is 2. The Hall–Kier alpha value is -3.05. The normalized spacial score (nSPS) is 10.5. The van der Waals surface area contributed by atoms with E-state index in [2.05, 4.69) is 5.32 Å². The van der Waals surface area contributed by atoms with Crippen molar-refractivity contribution in [1.82, 2.24) is 0 Å². The molecule has 0 aliphatic carbocycles. The van der Waals surface area contributed by atoms with Gasteiger partial charge in [-0.25, -0.2) is 4.79 Å². The third-order valence-electron chi connectivity index (χ3n) is 4.11. The van der Waals surface area contributed by atoms with Gasteiger partial charge in [-0.05, 0) is 67.9 Å². The fraction of sp³-hybridized carbons (Fsp3) is 0.182. The zero-order valence-corrected chi connectivity index (χ0v) is 16.4. The maximum Gasteiger partial charge on any atom is 0.338 e. The summed E-state index contributed by atoms with van der Waals surface area (Å²) in [5.74, 6) is 0.441. The second kappa shape index (κ2) is 8.76. The Labute approximate surface area is 168 Å². The Morgan fingerprint density at radius 3 is 2.39 bits per heavy atom. The van der Waals surface area contributed by atoms with Gasteiger partial charge in [-0.1, -0.05) is 18.5 Å². The minimum absolute atomic E-state index is 0.289. The Morgan fingerprint density at radius 2 is 1.75 bits per heavy atom. The van der Waals surface area contributed by atoms with Gasteiger partial charge >= 0.3 is 5.97 Å². The number of carbonyl (C=O) groups excluding carboxylic acids is 2. The van der Waals surface area contributed by atoms with Crippen LogP contribution < -0.4 is 5.32 Å². The number of nitrogens with one attached hydrogen (secondary N) is 1. The Balaban J connectivity index is 1.71. The van der Waals surface area contributed by atoms with Crippen molar-refractivity contribution in [3.63, 3.8) is 0 Å². The number of esters is 1. The number of amides is 1. The van der Waals surface area contributed by atoms with Crippen LogP contribution in [0.25, 0.3) is 11.3 Å². The topological polar surface area (TPSA) is 68.5 Å². The SMILES string of the molecule is CCCOC(=O)c1ccc(NC(=O)c2cc(-c3ccc(Cl)cc3)oc2C)cc1. The maximum absolute atomic E-state index is 12.6. The number of ether oxygens (including phenoxy) is 1. The lowest BCUT2D eigenvalue weighted by atomic mass is 10.1. The monoisotopic (exact) mass is 397 g/mol. The van der Waals surface area contributed by atoms with E-state index in [0.717, 1.165) is 12.0 Å². The molecule has 0 radical (unpaired) electrons. The van der Waals surface area contributed by atoms with Gasteiger partial charge in [0, 0.05) is 16.3 Å². The fourth-order valence-corrected chi connectivity index (χ4v) is 2.76. The zero-order chi connectivity index (χ0) is 20.1. The van der Waals surface area contributed by atoms with E-state index in [4.69, 9.17) is 20.8 Å². The maximum atomic E-state index is 12.6. The minimum atomic E-state index is -0.377. The standard InChI is InChI=1S/C22H20ClNO4/c1-3-12-27-22(26)16-6-10-18(11-7-16)24-21(25)19-13-20(28-14(19)2)15-4-8-17(23)9-5-15/h4-11,13H,3,12H2,1-2H3,(H,24,25). The number of furan rings is 1. The van der Waals surface area contributed by atoms with Crippen LogP contribution >= 0.6 is 11.6 Å². The number of rotatable bonds is 6. The van der Waals surface area contributed by atoms with Crippen LogP contribution in [0.4, 0.5) is 5.69 Å². The smallest absolute Gasteiger partial charge is 0.338 e. The summed E-state index contributed by atoms with van der Waals surface area (Å²) in [6.45, 7) is 4.05. The first-order valence-electron chi connectivity index (χ1n) is 8.93. The number of hydrogen-bond acceptors (Lipinski definition) is 4. The minimum Gasteiger partial charge on any atom is -0.462 e. The Kier molecular flexibility index (Phi) is 6.16. The zero-order valence-electron chi connectivity index (χ0n) is 15.6. The first-order valence-corrected chi connectivity index (χ1v) is 9.30. The third-order valence-corrected chi connectivity index (χ3v) is 4.36. The molecule has 2 aromatic carbocycles. The molecular formula is C22H20ClNO4. The lowest BCUT2D eigenvalue weighted by molar-refractivity contribution is 0.0505. The van der Waals surface area contributed by atoms with E-state index in [9.17, 15) is 9.59 Å². The summed E-state index contributed by atoms with van der Waals surface area (Å²) < 4.78 is 10.8. The molecule has 0 aliphatic heterocycles. The summed E-state index contributed by atoms with van der Waals surface area (Å²) in [4.78, 5) is 24.4. The van der Waals surface area contributed by atoms with Crippen LogP contribution in [-0.2, 0) is 4.74 Å². The summed E-state index contributed by atoms with van der Waals surface area (Å²) in [7, 11) is 0. The van der Waals surface area contributed by atoms with Crippen molar-refractivity contribution in [2.75, 3.05) is 11.9 Å². The van der Waals surface area contributed by atoms with Gasteiger partial charge in [-0.2, -0.15) is 0 Å². The van der Waals surface area contributed by atoms with E-state index in [0.29, 0.717) is 40.0 Å². The lowest BCUT2D eigenvalue weighted by Crippen LogP contribution is -2.12. The van der Waals surface area contributed by atoms with E-state index < -0.39 is 0 Å². The second-order valence-electron chi connectivity index (χ2n) is 6.25. The summed E-state index contributed by atoms with van der Waals surface area (Å²) in [6, 6.07) is 15.5. The van der Waals surface area contributed by atoms with Crippen LogP contribution in [0, 0.1) is 6.92 Å². The van der Waals surface area contributed by atoms with E-state index in [-0.39, 0.29) is 11.9 Å². The second-order valence-corrected chi connectivity index (χ2v) is 6.69. The molecular weight excluding hydrogens is 378 g/mol. The molecule has 28 heavy (non-hydrogen) atoms. The first-order chi connectivity index (χ1) is 13.5. The van der Waals surface area contributed by atoms with Crippen LogP contribution in [0.15, 0.2) is 59.0 Å². The number of benzene rings is 2. The predicted octanol–water partition coefficient (Wildman–Crippen LogP) is 5.73. The van der Waals surface area contributed by atoms with E-state index in [1.54, 1.807) is 49.4 Å². The van der Waals surface area contributed by atoms with Crippen molar-refractivity contribution in [3.05, 3.63) is 76.5 Å². The van der Waals surface area contributed by atoms with Crippen molar-refractivity contribution < 1.29 is 18.7 Å². The Bertz CT molecular complexity index is 975. The molecule has 3 rings (SSSR count). The number of aryl methyl sites for hydroxylation is 1. The van der Waals surface area contributed by atoms with Gasteiger partial charge in [0.2, 0.25) is 0 Å². The molecule has 0 saturated heterocycles. The van der Waals surface area contributed by atoms with Gasteiger partial charge in [0.15, 0.2) is 0 Å². The highest BCUT2D eigenvalue weighted by Crippen LogP contribution is 2.27. The number of halogens is 1. The van der Waals surface area contributed by atoms with E-state index in [1.807, 2.05) is 19.1 Å². The fourth-order valence-electron chi connectivity index (χ4n) is 2.63. The molecule has 1 aromatic heterocycles. The molecule has 0 fully saturated rings. The van der Waals surface area contributed by atoms with Gasteiger partial charge < -0.3 is 14.5 Å². The van der Waals surface area contributed by atoms with Crippen LogP contribution in [0.2, 0.25) is 5.02 Å². The van der Waals surface area contributed by atoms with Gasteiger partial charge in [0.1, 0.15) is 11.5 Å².